The number of hydrogen-bond donors (Lipinski definition) is 2. The minimum Gasteiger partial charge on any atom is -0.408 e. The minimum atomic E-state index is -0.423. The predicted molar refractivity (Wildman–Crippen MR) is 73.0 cm³/mol. The molecule has 0 atom stereocenters. The van der Waals surface area contributed by atoms with Crippen LogP contribution in [0.4, 0.5) is 5.69 Å². The second kappa shape index (κ2) is 4.49. The Bertz CT molecular complexity index is 592. The van der Waals surface area contributed by atoms with Crippen LogP contribution < -0.4 is 16.4 Å². The fourth-order valence-electron chi connectivity index (χ4n) is 1.76. The van der Waals surface area contributed by atoms with Crippen LogP contribution in [0.1, 0.15) is 20.3 Å². The fourth-order valence-corrected chi connectivity index (χ4v) is 1.76. The van der Waals surface area contributed by atoms with Crippen molar-refractivity contribution in [3.8, 4) is 0 Å². The molecule has 3 N–H and O–H groups in total. The lowest BCUT2D eigenvalue weighted by molar-refractivity contribution is 0.479. The van der Waals surface area contributed by atoms with Gasteiger partial charge in [-0.05, 0) is 38.5 Å². The Morgan fingerprint density at radius 3 is 2.83 bits per heavy atom. The highest BCUT2D eigenvalue weighted by molar-refractivity contribution is 5.77. The van der Waals surface area contributed by atoms with Gasteiger partial charge in [0.2, 0.25) is 0 Å². The first kappa shape index (κ1) is 12.7. The second-order valence-corrected chi connectivity index (χ2v) is 5.36. The topological polar surface area (TPSA) is 75.3 Å². The van der Waals surface area contributed by atoms with E-state index in [-0.39, 0.29) is 5.54 Å². The quantitative estimate of drug-likeness (QED) is 0.864. The lowest BCUT2D eigenvalue weighted by Crippen LogP contribution is -2.36. The van der Waals surface area contributed by atoms with Crippen molar-refractivity contribution in [3.63, 3.8) is 0 Å². The first-order chi connectivity index (χ1) is 8.35. The maximum Gasteiger partial charge on any atom is 0.417 e. The number of benzene rings is 1. The van der Waals surface area contributed by atoms with Gasteiger partial charge >= 0.3 is 5.76 Å². The molecule has 0 aliphatic heterocycles. The van der Waals surface area contributed by atoms with Crippen molar-refractivity contribution >= 4 is 16.8 Å². The summed E-state index contributed by atoms with van der Waals surface area (Å²) in [6.45, 7) is 4.88. The Labute approximate surface area is 106 Å². The van der Waals surface area contributed by atoms with Gasteiger partial charge < -0.3 is 15.1 Å². The fraction of sp³-hybridized carbons (Fsp3) is 0.462. The van der Waals surface area contributed by atoms with E-state index in [4.69, 9.17) is 10.2 Å². The molecule has 0 aliphatic carbocycles. The molecule has 0 amide bonds. The first-order valence-corrected chi connectivity index (χ1v) is 5.98. The zero-order valence-corrected chi connectivity index (χ0v) is 11.0. The third kappa shape index (κ3) is 2.92. The van der Waals surface area contributed by atoms with Gasteiger partial charge in [-0.2, -0.15) is 0 Å². The Hall–Kier alpha value is -1.75. The Morgan fingerprint density at radius 2 is 2.17 bits per heavy atom. The van der Waals surface area contributed by atoms with Crippen LogP contribution in [-0.4, -0.2) is 24.1 Å². The number of rotatable bonds is 4. The van der Waals surface area contributed by atoms with Crippen LogP contribution in [0.5, 0.6) is 0 Å². The third-order valence-electron chi connectivity index (χ3n) is 2.93. The molecule has 1 heterocycles. The van der Waals surface area contributed by atoms with Gasteiger partial charge in [-0.3, -0.25) is 4.98 Å². The van der Waals surface area contributed by atoms with Gasteiger partial charge in [-0.25, -0.2) is 4.79 Å². The summed E-state index contributed by atoms with van der Waals surface area (Å²) in [4.78, 5) is 15.8. The largest absolute Gasteiger partial charge is 0.417 e. The Balaban J connectivity index is 2.17. The molecular weight excluding hydrogens is 230 g/mol. The van der Waals surface area contributed by atoms with Crippen LogP contribution in [0.15, 0.2) is 27.4 Å². The van der Waals surface area contributed by atoms with Crippen LogP contribution >= 0.6 is 0 Å². The van der Waals surface area contributed by atoms with Crippen LogP contribution in [0.2, 0.25) is 0 Å². The smallest absolute Gasteiger partial charge is 0.408 e. The summed E-state index contributed by atoms with van der Waals surface area (Å²) in [6, 6.07) is 5.64. The van der Waals surface area contributed by atoms with E-state index in [0.29, 0.717) is 5.58 Å². The molecule has 5 nitrogen and oxygen atoms in total. The first-order valence-electron chi connectivity index (χ1n) is 5.98. The van der Waals surface area contributed by atoms with E-state index in [1.807, 2.05) is 33.0 Å². The Kier molecular flexibility index (Phi) is 3.17. The molecule has 0 fully saturated rings. The number of H-pyrrole nitrogens is 1. The molecule has 98 valence electrons. The highest BCUT2D eigenvalue weighted by Crippen LogP contribution is 2.20. The van der Waals surface area contributed by atoms with Gasteiger partial charge in [0.1, 0.15) is 0 Å². The standard InChI is InChI=1S/C13H19N3O2/c1-13(2,14)6-7-16(3)9-4-5-11-10(8-9)15-12(17)18-11/h4-5,8H,6-7,14H2,1-3H3,(H,15,17). The highest BCUT2D eigenvalue weighted by atomic mass is 16.4. The SMILES string of the molecule is CN(CCC(C)(C)N)c1ccc2oc(=O)[nH]c2c1. The number of nitrogens with two attached hydrogens (primary N) is 1. The minimum absolute atomic E-state index is 0.178. The van der Waals surface area contributed by atoms with Gasteiger partial charge in [-0.1, -0.05) is 0 Å². The van der Waals surface area contributed by atoms with Crippen LogP contribution in [0, 0.1) is 0 Å². The van der Waals surface area contributed by atoms with Crippen LogP contribution in [0.3, 0.4) is 0 Å². The van der Waals surface area contributed by atoms with E-state index >= 15 is 0 Å². The van der Waals surface area contributed by atoms with Gasteiger partial charge in [0.15, 0.2) is 5.58 Å². The van der Waals surface area contributed by atoms with Crippen molar-refractivity contribution < 1.29 is 4.42 Å². The molecule has 0 bridgehead atoms. The second-order valence-electron chi connectivity index (χ2n) is 5.36. The number of aromatic amines is 1. The average molecular weight is 249 g/mol. The number of aromatic nitrogens is 1. The lowest BCUT2D eigenvalue weighted by atomic mass is 10.0. The van der Waals surface area contributed by atoms with Crippen molar-refractivity contribution in [1.82, 2.24) is 4.98 Å². The molecule has 0 aliphatic rings. The molecule has 1 aromatic carbocycles. The normalized spacial score (nSPS) is 12.0. The molecular formula is C13H19N3O2. The molecule has 5 heteroatoms. The van der Waals surface area contributed by atoms with E-state index in [0.717, 1.165) is 24.2 Å². The summed E-state index contributed by atoms with van der Waals surface area (Å²) < 4.78 is 4.97. The van der Waals surface area contributed by atoms with Gasteiger partial charge in [0.05, 0.1) is 5.52 Å². The highest BCUT2D eigenvalue weighted by Gasteiger charge is 2.12. The Morgan fingerprint density at radius 1 is 1.44 bits per heavy atom. The average Bonchev–Trinajstić information content (AvgIpc) is 2.63. The number of hydrogen-bond acceptors (Lipinski definition) is 4. The zero-order chi connectivity index (χ0) is 13.3. The van der Waals surface area contributed by atoms with E-state index in [9.17, 15) is 4.79 Å². The lowest BCUT2D eigenvalue weighted by Gasteiger charge is -2.25. The number of anilines is 1. The molecule has 0 unspecified atom stereocenters. The summed E-state index contributed by atoms with van der Waals surface area (Å²) in [7, 11) is 2.01. The van der Waals surface area contributed by atoms with Crippen molar-refractivity contribution in [2.75, 3.05) is 18.5 Å². The van der Waals surface area contributed by atoms with E-state index < -0.39 is 5.76 Å². The molecule has 2 rings (SSSR count). The molecule has 1 aromatic heterocycles. The number of nitrogens with zero attached hydrogens (tertiary/aromatic N) is 1. The number of oxazole rings is 1. The van der Waals surface area contributed by atoms with E-state index in [1.54, 1.807) is 6.07 Å². The van der Waals surface area contributed by atoms with E-state index in [1.165, 1.54) is 0 Å². The van der Waals surface area contributed by atoms with Crippen molar-refractivity contribution in [3.05, 3.63) is 28.7 Å². The van der Waals surface area contributed by atoms with Gasteiger partial charge in [0.25, 0.3) is 0 Å². The predicted octanol–water partition coefficient (Wildman–Crippen LogP) is 1.68. The summed E-state index contributed by atoms with van der Waals surface area (Å²) >= 11 is 0. The molecule has 0 spiro atoms. The molecule has 2 aromatic rings. The third-order valence-corrected chi connectivity index (χ3v) is 2.93. The maximum absolute atomic E-state index is 11.1. The summed E-state index contributed by atoms with van der Waals surface area (Å²) in [5.41, 5.74) is 8.12. The molecule has 0 radical (unpaired) electrons. The van der Waals surface area contributed by atoms with Gasteiger partial charge in [0, 0.05) is 24.8 Å². The monoisotopic (exact) mass is 249 g/mol. The summed E-state index contributed by atoms with van der Waals surface area (Å²) in [5, 5.41) is 0. The summed E-state index contributed by atoms with van der Waals surface area (Å²) in [6.07, 6.45) is 0.892. The van der Waals surface area contributed by atoms with Crippen molar-refractivity contribution in [1.29, 1.82) is 0 Å². The number of nitrogens with one attached hydrogen (secondary N) is 1. The van der Waals surface area contributed by atoms with Crippen molar-refractivity contribution in [2.24, 2.45) is 5.73 Å². The number of fused-ring (bicyclic) bond motifs is 1. The van der Waals surface area contributed by atoms with Crippen LogP contribution in [-0.2, 0) is 0 Å². The zero-order valence-electron chi connectivity index (χ0n) is 11.0. The molecule has 0 saturated heterocycles. The summed E-state index contributed by atoms with van der Waals surface area (Å²) in [5.74, 6) is -0.423. The maximum atomic E-state index is 11.1. The molecule has 18 heavy (non-hydrogen) atoms. The van der Waals surface area contributed by atoms with E-state index in [2.05, 4.69) is 9.88 Å². The van der Waals surface area contributed by atoms with Crippen LogP contribution in [0.25, 0.3) is 11.1 Å². The van der Waals surface area contributed by atoms with Gasteiger partial charge in [-0.15, -0.1) is 0 Å². The van der Waals surface area contributed by atoms with Crippen molar-refractivity contribution in [2.45, 2.75) is 25.8 Å². The molecule has 0 saturated carbocycles.